The van der Waals surface area contributed by atoms with Gasteiger partial charge in [0.1, 0.15) is 23.5 Å². The summed E-state index contributed by atoms with van der Waals surface area (Å²) < 4.78 is 18.8. The van der Waals surface area contributed by atoms with Crippen molar-refractivity contribution in [2.45, 2.75) is 52.2 Å². The first-order chi connectivity index (χ1) is 19.6. The zero-order chi connectivity index (χ0) is 28.4. The molecule has 7 rings (SSSR count). The minimum atomic E-state index is -0.483. The number of imidazole rings is 1. The second-order valence-corrected chi connectivity index (χ2v) is 13.5. The summed E-state index contributed by atoms with van der Waals surface area (Å²) >= 11 is 0. The van der Waals surface area contributed by atoms with E-state index in [4.69, 9.17) is 19.2 Å². The summed E-state index contributed by atoms with van der Waals surface area (Å²) in [6.45, 7) is 11.9. The van der Waals surface area contributed by atoms with Gasteiger partial charge in [0, 0.05) is 41.4 Å². The quantitative estimate of drug-likeness (QED) is 0.337. The average molecular weight is 556 g/mol. The van der Waals surface area contributed by atoms with Crippen LogP contribution in [0.1, 0.15) is 40.5 Å². The molecule has 9 nitrogen and oxygen atoms in total. The molecule has 2 saturated heterocycles. The molecule has 2 aliphatic heterocycles. The van der Waals surface area contributed by atoms with Crippen molar-refractivity contribution in [3.63, 3.8) is 0 Å². The standard InChI is InChI=1S/C32H37N5O4/c1-30(2,3)41-29(38)34-22-13-32(14-22)15-36(16-32)26-7-5-6-21-8-11-27(35-28(21)26)37-20-33-24-12-23(9-10-25(24)37)40-19-31(4)17-39-18-31/h5-12,20,22H,13-19H2,1-4H3,(H,34,38). The van der Waals surface area contributed by atoms with Crippen LogP contribution in [0, 0.1) is 10.8 Å². The van der Waals surface area contributed by atoms with Crippen molar-refractivity contribution in [2.24, 2.45) is 10.8 Å². The first kappa shape index (κ1) is 26.1. The number of hydrogen-bond donors (Lipinski definition) is 1. The molecule has 0 radical (unpaired) electrons. The summed E-state index contributed by atoms with van der Waals surface area (Å²) in [5, 5.41) is 4.14. The van der Waals surface area contributed by atoms with Gasteiger partial charge in [-0.25, -0.2) is 14.8 Å². The molecule has 2 aromatic heterocycles. The van der Waals surface area contributed by atoms with Crippen molar-refractivity contribution >= 4 is 33.7 Å². The molecular weight excluding hydrogens is 518 g/mol. The van der Waals surface area contributed by atoms with E-state index in [1.165, 1.54) is 0 Å². The number of rotatable bonds is 6. The lowest BCUT2D eigenvalue weighted by Crippen LogP contribution is -2.66. The number of nitrogens with zero attached hydrogens (tertiary/aromatic N) is 4. The summed E-state index contributed by atoms with van der Waals surface area (Å²) in [6, 6.07) is 16.8. The number of aromatic nitrogens is 3. The number of para-hydroxylation sites is 1. The molecule has 3 fully saturated rings. The highest BCUT2D eigenvalue weighted by Gasteiger charge is 2.53. The molecule has 0 atom stereocenters. The molecule has 4 aromatic rings. The van der Waals surface area contributed by atoms with Crippen molar-refractivity contribution in [1.82, 2.24) is 19.9 Å². The fourth-order valence-corrected chi connectivity index (χ4v) is 6.32. The van der Waals surface area contributed by atoms with Gasteiger partial charge in [-0.15, -0.1) is 0 Å². The predicted molar refractivity (Wildman–Crippen MR) is 158 cm³/mol. The molecule has 214 valence electrons. The monoisotopic (exact) mass is 555 g/mol. The number of fused-ring (bicyclic) bond motifs is 2. The molecule has 1 aliphatic carbocycles. The largest absolute Gasteiger partial charge is 0.493 e. The van der Waals surface area contributed by atoms with Crippen LogP contribution in [0.25, 0.3) is 27.8 Å². The van der Waals surface area contributed by atoms with Crippen molar-refractivity contribution in [3.05, 3.63) is 54.9 Å². The Balaban J connectivity index is 1.05. The predicted octanol–water partition coefficient (Wildman–Crippen LogP) is 5.48. The lowest BCUT2D eigenvalue weighted by atomic mass is 9.60. The molecule has 1 spiro atoms. The minimum Gasteiger partial charge on any atom is -0.493 e. The van der Waals surface area contributed by atoms with Gasteiger partial charge in [-0.1, -0.05) is 19.1 Å². The third-order valence-corrected chi connectivity index (χ3v) is 8.41. The van der Waals surface area contributed by atoms with Gasteiger partial charge in [-0.2, -0.15) is 0 Å². The van der Waals surface area contributed by atoms with Gasteiger partial charge >= 0.3 is 6.09 Å². The van der Waals surface area contributed by atoms with Crippen LogP contribution in [0.5, 0.6) is 5.75 Å². The molecule has 2 aromatic carbocycles. The maximum Gasteiger partial charge on any atom is 0.407 e. The second kappa shape index (κ2) is 9.34. The van der Waals surface area contributed by atoms with E-state index in [0.717, 1.165) is 78.3 Å². The van der Waals surface area contributed by atoms with E-state index in [9.17, 15) is 4.79 Å². The van der Waals surface area contributed by atoms with Gasteiger partial charge in [0.2, 0.25) is 0 Å². The Bertz CT molecular complexity index is 1620. The zero-order valence-electron chi connectivity index (χ0n) is 24.1. The lowest BCUT2D eigenvalue weighted by Gasteiger charge is -2.59. The Labute approximate surface area is 239 Å². The summed E-state index contributed by atoms with van der Waals surface area (Å²) in [7, 11) is 0. The van der Waals surface area contributed by atoms with E-state index in [-0.39, 0.29) is 23.0 Å². The normalized spacial score (nSPS) is 19.5. The number of alkyl carbamates (subject to hydrolysis) is 1. The summed E-state index contributed by atoms with van der Waals surface area (Å²) in [5.74, 6) is 1.65. The number of hydrogen-bond acceptors (Lipinski definition) is 7. The van der Waals surface area contributed by atoms with Crippen LogP contribution in [0.15, 0.2) is 54.9 Å². The van der Waals surface area contributed by atoms with E-state index in [2.05, 4.69) is 46.4 Å². The first-order valence-corrected chi connectivity index (χ1v) is 14.4. The SMILES string of the molecule is CC1(COc2ccc3c(c2)ncn3-c2ccc3cccc(N4CC5(CC(NC(=O)OC(C)(C)C)C5)C4)c3n2)COC1. The van der Waals surface area contributed by atoms with Gasteiger partial charge in [-0.05, 0) is 63.9 Å². The van der Waals surface area contributed by atoms with Crippen LogP contribution in [0.2, 0.25) is 0 Å². The zero-order valence-corrected chi connectivity index (χ0v) is 24.1. The number of anilines is 1. The van der Waals surface area contributed by atoms with Crippen molar-refractivity contribution in [2.75, 3.05) is 37.8 Å². The van der Waals surface area contributed by atoms with E-state index in [0.29, 0.717) is 6.61 Å². The highest BCUT2D eigenvalue weighted by atomic mass is 16.6. The second-order valence-electron chi connectivity index (χ2n) is 13.5. The number of amides is 1. The van der Waals surface area contributed by atoms with Crippen molar-refractivity contribution in [3.8, 4) is 11.6 Å². The Morgan fingerprint density at radius 2 is 1.93 bits per heavy atom. The number of carbonyl (C=O) groups excluding carboxylic acids is 1. The van der Waals surface area contributed by atoms with Crippen molar-refractivity contribution < 1.29 is 19.0 Å². The third kappa shape index (κ3) is 4.96. The Kier molecular flexibility index (Phi) is 5.94. The Morgan fingerprint density at radius 3 is 2.66 bits per heavy atom. The molecule has 0 unspecified atom stereocenters. The topological polar surface area (TPSA) is 90.7 Å². The molecular formula is C32H37N5O4. The number of benzene rings is 2. The van der Waals surface area contributed by atoms with Gasteiger partial charge < -0.3 is 24.4 Å². The molecule has 41 heavy (non-hydrogen) atoms. The lowest BCUT2D eigenvalue weighted by molar-refractivity contribution is -0.120. The van der Waals surface area contributed by atoms with Crippen LogP contribution in [-0.4, -0.2) is 65.2 Å². The molecule has 1 saturated carbocycles. The van der Waals surface area contributed by atoms with Gasteiger partial charge in [0.05, 0.1) is 42.1 Å². The molecule has 3 aliphatic rings. The Hall–Kier alpha value is -3.85. The number of nitrogens with one attached hydrogen (secondary N) is 1. The molecule has 4 heterocycles. The molecule has 1 amide bonds. The Morgan fingerprint density at radius 1 is 1.12 bits per heavy atom. The fourth-order valence-electron chi connectivity index (χ4n) is 6.32. The summed E-state index contributed by atoms with van der Waals surface area (Å²) in [5.41, 5.74) is 3.85. The van der Waals surface area contributed by atoms with Crippen LogP contribution in [0.3, 0.4) is 0 Å². The van der Waals surface area contributed by atoms with E-state index in [1.807, 2.05) is 55.9 Å². The minimum absolute atomic E-state index is 0.0917. The number of pyridine rings is 1. The number of carbonyl (C=O) groups is 1. The summed E-state index contributed by atoms with van der Waals surface area (Å²) in [4.78, 5) is 24.3. The third-order valence-electron chi connectivity index (χ3n) is 8.41. The van der Waals surface area contributed by atoms with Gasteiger partial charge in [-0.3, -0.25) is 4.57 Å². The van der Waals surface area contributed by atoms with E-state index in [1.54, 1.807) is 0 Å². The van der Waals surface area contributed by atoms with Crippen LogP contribution >= 0.6 is 0 Å². The number of ether oxygens (including phenoxy) is 3. The summed E-state index contributed by atoms with van der Waals surface area (Å²) in [6.07, 6.45) is 3.46. The van der Waals surface area contributed by atoms with Crippen LogP contribution in [-0.2, 0) is 9.47 Å². The molecule has 9 heteroatoms. The highest BCUT2D eigenvalue weighted by molar-refractivity contribution is 5.92. The fraction of sp³-hybridized carbons (Fsp3) is 0.469. The van der Waals surface area contributed by atoms with Gasteiger partial charge in [0.25, 0.3) is 0 Å². The maximum absolute atomic E-state index is 12.1. The van der Waals surface area contributed by atoms with Crippen LogP contribution < -0.4 is 15.0 Å². The smallest absolute Gasteiger partial charge is 0.407 e. The van der Waals surface area contributed by atoms with E-state index < -0.39 is 5.60 Å². The molecule has 1 N–H and O–H groups in total. The van der Waals surface area contributed by atoms with Crippen molar-refractivity contribution in [1.29, 1.82) is 0 Å². The highest BCUT2D eigenvalue weighted by Crippen LogP contribution is 2.50. The average Bonchev–Trinajstić information content (AvgIpc) is 3.28. The maximum atomic E-state index is 12.1. The first-order valence-electron chi connectivity index (χ1n) is 14.4. The van der Waals surface area contributed by atoms with E-state index >= 15 is 0 Å². The molecule has 0 bridgehead atoms. The van der Waals surface area contributed by atoms with Gasteiger partial charge in [0.15, 0.2) is 0 Å². The van der Waals surface area contributed by atoms with Crippen LogP contribution in [0.4, 0.5) is 10.5 Å².